The summed E-state index contributed by atoms with van der Waals surface area (Å²) >= 11 is 0. The van der Waals surface area contributed by atoms with Gasteiger partial charge in [0.25, 0.3) is 0 Å². The summed E-state index contributed by atoms with van der Waals surface area (Å²) in [5.41, 5.74) is 5.16. The second-order valence-corrected chi connectivity index (χ2v) is 2.70. The number of aliphatic hydroxyl groups excluding tert-OH is 2. The molecule has 0 saturated carbocycles. The third-order valence-electron chi connectivity index (χ3n) is 1.51. The predicted molar refractivity (Wildman–Crippen MR) is 44.7 cm³/mol. The number of nitrogens with two attached hydrogens (primary N) is 1. The van der Waals surface area contributed by atoms with E-state index in [1.807, 2.05) is 0 Å². The average Bonchev–Trinajstić information content (AvgIpc) is 2.11. The van der Waals surface area contributed by atoms with Crippen LogP contribution in [-0.2, 0) is 9.59 Å². The van der Waals surface area contributed by atoms with Gasteiger partial charge in [-0.25, -0.2) is 0 Å². The monoisotopic (exact) mass is 190 g/mol. The van der Waals surface area contributed by atoms with Gasteiger partial charge in [-0.3, -0.25) is 4.79 Å². The molecule has 6 heteroatoms. The SMILES string of the molecule is C[C@@H](O)[C@@H](C=O)NC(=O)[C@@H](N)CO. The summed E-state index contributed by atoms with van der Waals surface area (Å²) in [6.07, 6.45) is -0.570. The van der Waals surface area contributed by atoms with Gasteiger partial charge in [0.1, 0.15) is 18.4 Å². The first-order valence-corrected chi connectivity index (χ1v) is 3.83. The maximum atomic E-state index is 11.0. The Morgan fingerprint density at radius 2 is 2.23 bits per heavy atom. The van der Waals surface area contributed by atoms with Gasteiger partial charge in [0, 0.05) is 0 Å². The Kier molecular flexibility index (Phi) is 5.20. The summed E-state index contributed by atoms with van der Waals surface area (Å²) in [7, 11) is 0. The minimum atomic E-state index is -1.07. The molecule has 0 radical (unpaired) electrons. The molecular weight excluding hydrogens is 176 g/mol. The van der Waals surface area contributed by atoms with E-state index in [0.717, 1.165) is 0 Å². The molecule has 0 aliphatic rings. The van der Waals surface area contributed by atoms with Crippen molar-refractivity contribution in [2.24, 2.45) is 5.73 Å². The zero-order chi connectivity index (χ0) is 10.4. The number of aliphatic hydroxyl groups is 2. The number of carbonyl (C=O) groups is 2. The molecule has 0 fully saturated rings. The number of aldehydes is 1. The predicted octanol–water partition coefficient (Wildman–Crippen LogP) is -2.63. The maximum absolute atomic E-state index is 11.0. The summed E-state index contributed by atoms with van der Waals surface area (Å²) in [5.74, 6) is -0.666. The van der Waals surface area contributed by atoms with Gasteiger partial charge in [-0.1, -0.05) is 0 Å². The van der Waals surface area contributed by atoms with Crippen LogP contribution < -0.4 is 11.1 Å². The second-order valence-electron chi connectivity index (χ2n) is 2.70. The van der Waals surface area contributed by atoms with Gasteiger partial charge in [-0.2, -0.15) is 0 Å². The van der Waals surface area contributed by atoms with E-state index in [1.54, 1.807) is 0 Å². The highest BCUT2D eigenvalue weighted by Gasteiger charge is 2.19. The fourth-order valence-corrected chi connectivity index (χ4v) is 0.623. The Balaban J connectivity index is 4.08. The number of nitrogens with one attached hydrogen (secondary N) is 1. The molecule has 0 aliphatic heterocycles. The molecule has 6 nitrogen and oxygen atoms in total. The lowest BCUT2D eigenvalue weighted by molar-refractivity contribution is -0.127. The lowest BCUT2D eigenvalue weighted by atomic mass is 10.2. The van der Waals surface area contributed by atoms with Crippen LogP contribution in [0.25, 0.3) is 0 Å². The van der Waals surface area contributed by atoms with Crippen molar-refractivity contribution in [3.8, 4) is 0 Å². The molecule has 76 valence electrons. The van der Waals surface area contributed by atoms with E-state index in [4.69, 9.17) is 15.9 Å². The van der Waals surface area contributed by atoms with E-state index in [9.17, 15) is 9.59 Å². The summed E-state index contributed by atoms with van der Waals surface area (Å²) in [6, 6.07) is -2.05. The van der Waals surface area contributed by atoms with Crippen LogP contribution in [0.3, 0.4) is 0 Å². The highest BCUT2D eigenvalue weighted by Crippen LogP contribution is 1.89. The first-order chi connectivity index (χ1) is 6.02. The van der Waals surface area contributed by atoms with E-state index in [0.29, 0.717) is 6.29 Å². The summed E-state index contributed by atoms with van der Waals surface area (Å²) in [5, 5.41) is 19.6. The van der Waals surface area contributed by atoms with E-state index in [-0.39, 0.29) is 0 Å². The molecule has 5 N–H and O–H groups in total. The van der Waals surface area contributed by atoms with Crippen molar-refractivity contribution in [2.75, 3.05) is 6.61 Å². The Morgan fingerprint density at radius 3 is 2.54 bits per heavy atom. The molecule has 0 bridgehead atoms. The van der Waals surface area contributed by atoms with Crippen LogP contribution in [0.2, 0.25) is 0 Å². The molecule has 0 spiro atoms. The van der Waals surface area contributed by atoms with E-state index >= 15 is 0 Å². The molecule has 0 rings (SSSR count). The van der Waals surface area contributed by atoms with Crippen molar-refractivity contribution >= 4 is 12.2 Å². The molecule has 0 aromatic rings. The van der Waals surface area contributed by atoms with Gasteiger partial charge in [0.15, 0.2) is 0 Å². The van der Waals surface area contributed by atoms with Gasteiger partial charge >= 0.3 is 0 Å². The number of hydrogen-bond acceptors (Lipinski definition) is 5. The molecule has 13 heavy (non-hydrogen) atoms. The molecule has 0 unspecified atom stereocenters. The molecule has 0 aromatic heterocycles. The molecule has 3 atom stereocenters. The lowest BCUT2D eigenvalue weighted by Crippen LogP contribution is -2.51. The molecule has 0 aliphatic carbocycles. The Labute approximate surface area is 75.7 Å². The van der Waals surface area contributed by atoms with Crippen molar-refractivity contribution < 1.29 is 19.8 Å². The first kappa shape index (κ1) is 12.0. The van der Waals surface area contributed by atoms with Gasteiger partial charge in [0.2, 0.25) is 5.91 Å². The third-order valence-corrected chi connectivity index (χ3v) is 1.51. The summed E-state index contributed by atoms with van der Waals surface area (Å²) < 4.78 is 0. The zero-order valence-electron chi connectivity index (χ0n) is 7.30. The number of carbonyl (C=O) groups excluding carboxylic acids is 2. The second kappa shape index (κ2) is 5.63. The largest absolute Gasteiger partial charge is 0.394 e. The number of rotatable bonds is 5. The van der Waals surface area contributed by atoms with Crippen molar-refractivity contribution in [1.82, 2.24) is 5.32 Å². The van der Waals surface area contributed by atoms with E-state index in [1.165, 1.54) is 6.92 Å². The van der Waals surface area contributed by atoms with Crippen LogP contribution in [0.1, 0.15) is 6.92 Å². The smallest absolute Gasteiger partial charge is 0.239 e. The molecule has 0 aromatic carbocycles. The first-order valence-electron chi connectivity index (χ1n) is 3.83. The quantitative estimate of drug-likeness (QED) is 0.354. The van der Waals surface area contributed by atoms with Crippen molar-refractivity contribution in [1.29, 1.82) is 0 Å². The van der Waals surface area contributed by atoms with Crippen LogP contribution >= 0.6 is 0 Å². The van der Waals surface area contributed by atoms with Crippen molar-refractivity contribution in [2.45, 2.75) is 25.1 Å². The van der Waals surface area contributed by atoms with Gasteiger partial charge in [-0.15, -0.1) is 0 Å². The molecule has 0 heterocycles. The van der Waals surface area contributed by atoms with E-state index in [2.05, 4.69) is 5.32 Å². The van der Waals surface area contributed by atoms with Crippen LogP contribution in [0.4, 0.5) is 0 Å². The van der Waals surface area contributed by atoms with Crippen molar-refractivity contribution in [3.05, 3.63) is 0 Å². The highest BCUT2D eigenvalue weighted by molar-refractivity contribution is 5.84. The Morgan fingerprint density at radius 1 is 1.69 bits per heavy atom. The van der Waals surface area contributed by atoms with Crippen LogP contribution in [0, 0.1) is 0 Å². The van der Waals surface area contributed by atoms with Crippen LogP contribution in [-0.4, -0.2) is 47.2 Å². The Bertz CT molecular complexity index is 183. The number of amides is 1. The average molecular weight is 190 g/mol. The van der Waals surface area contributed by atoms with Gasteiger partial charge in [-0.05, 0) is 6.92 Å². The maximum Gasteiger partial charge on any atom is 0.239 e. The Hall–Kier alpha value is -0.980. The number of hydrogen-bond donors (Lipinski definition) is 4. The minimum absolute atomic E-state index is 0.409. The standard InChI is InChI=1S/C7H14N2O4/c1-4(12)6(3-11)9-7(13)5(8)2-10/h3-6,10,12H,2,8H2,1H3,(H,9,13)/t4-,5+,6-/m1/s1. The van der Waals surface area contributed by atoms with E-state index < -0.39 is 30.7 Å². The third kappa shape index (κ3) is 3.97. The highest BCUT2D eigenvalue weighted by atomic mass is 16.3. The molecule has 1 amide bonds. The topological polar surface area (TPSA) is 113 Å². The zero-order valence-corrected chi connectivity index (χ0v) is 7.30. The van der Waals surface area contributed by atoms with Crippen LogP contribution in [0.15, 0.2) is 0 Å². The van der Waals surface area contributed by atoms with Crippen molar-refractivity contribution in [3.63, 3.8) is 0 Å². The molecule has 0 saturated heterocycles. The summed E-state index contributed by atoms with van der Waals surface area (Å²) in [4.78, 5) is 21.3. The minimum Gasteiger partial charge on any atom is -0.394 e. The fraction of sp³-hybridized carbons (Fsp3) is 0.714. The van der Waals surface area contributed by atoms with Gasteiger partial charge in [0.05, 0.1) is 12.7 Å². The fourth-order valence-electron chi connectivity index (χ4n) is 0.623. The lowest BCUT2D eigenvalue weighted by Gasteiger charge is -2.17. The van der Waals surface area contributed by atoms with Gasteiger partial charge < -0.3 is 26.1 Å². The normalized spacial score (nSPS) is 17.2. The summed E-state index contributed by atoms with van der Waals surface area (Å²) in [6.45, 7) is 0.862. The van der Waals surface area contributed by atoms with Crippen LogP contribution in [0.5, 0.6) is 0 Å². The molecular formula is C7H14N2O4.